The highest BCUT2D eigenvalue weighted by Gasteiger charge is 2.32. The Labute approximate surface area is 85.2 Å². The fraction of sp³-hybridized carbons (Fsp3) is 1.00. The largest absolute Gasteiger partial charge is 0.358 e. The zero-order valence-electron chi connectivity index (χ0n) is 9.35. The van der Waals surface area contributed by atoms with Crippen LogP contribution in [0.15, 0.2) is 0 Å². The highest BCUT2D eigenvalue weighted by molar-refractivity contribution is 7.54. The van der Waals surface area contributed by atoms with Crippen molar-refractivity contribution < 1.29 is 23.1 Å². The van der Waals surface area contributed by atoms with Gasteiger partial charge in [0.05, 0.1) is 0 Å². The topological polar surface area (TPSA) is 54.0 Å². The highest BCUT2D eigenvalue weighted by Crippen LogP contribution is 2.52. The molecule has 6 heteroatoms. The predicted molar refractivity (Wildman–Crippen MR) is 53.3 cm³/mol. The van der Waals surface area contributed by atoms with Gasteiger partial charge in [-0.3, -0.25) is 4.57 Å². The molecule has 0 fully saturated rings. The van der Waals surface area contributed by atoms with Gasteiger partial charge >= 0.3 is 7.60 Å². The SMILES string of the molecule is CCOC(C)OC(C)P(=O)(OC)OC. The minimum absolute atomic E-state index is 0.423. The molecule has 0 aromatic rings. The van der Waals surface area contributed by atoms with E-state index in [1.165, 1.54) is 14.2 Å². The highest BCUT2D eigenvalue weighted by atomic mass is 31.2. The van der Waals surface area contributed by atoms with Gasteiger partial charge in [-0.05, 0) is 20.8 Å². The average Bonchev–Trinajstić information content (AvgIpc) is 2.16. The van der Waals surface area contributed by atoms with Gasteiger partial charge in [0, 0.05) is 20.8 Å². The Morgan fingerprint density at radius 2 is 1.71 bits per heavy atom. The smallest absolute Gasteiger partial charge is 0.353 e. The molecule has 2 unspecified atom stereocenters. The van der Waals surface area contributed by atoms with E-state index in [4.69, 9.17) is 18.5 Å². The standard InChI is InChI=1S/C8H19O5P/c1-6-12-7(2)13-8(3)14(9,10-4)11-5/h7-8H,6H2,1-5H3. The van der Waals surface area contributed by atoms with Crippen LogP contribution in [0.25, 0.3) is 0 Å². The average molecular weight is 226 g/mol. The van der Waals surface area contributed by atoms with Gasteiger partial charge < -0.3 is 18.5 Å². The van der Waals surface area contributed by atoms with Gasteiger partial charge in [0.1, 0.15) is 0 Å². The Hall–Kier alpha value is 0.0700. The van der Waals surface area contributed by atoms with Crippen LogP contribution in [-0.2, 0) is 23.1 Å². The van der Waals surface area contributed by atoms with Gasteiger partial charge in [-0.15, -0.1) is 0 Å². The van der Waals surface area contributed by atoms with Crippen molar-refractivity contribution in [3.63, 3.8) is 0 Å². The van der Waals surface area contributed by atoms with Gasteiger partial charge in [-0.1, -0.05) is 0 Å². The number of rotatable bonds is 7. The van der Waals surface area contributed by atoms with Crippen LogP contribution in [0, 0.1) is 0 Å². The molecular formula is C8H19O5P. The van der Waals surface area contributed by atoms with Crippen molar-refractivity contribution in [2.75, 3.05) is 20.8 Å². The molecule has 0 aliphatic heterocycles. The van der Waals surface area contributed by atoms with Crippen LogP contribution in [0.1, 0.15) is 20.8 Å². The second-order valence-corrected chi connectivity index (χ2v) is 5.20. The van der Waals surface area contributed by atoms with E-state index >= 15 is 0 Å². The summed E-state index contributed by atoms with van der Waals surface area (Å²) in [5, 5.41) is 0. The number of hydrogen-bond acceptors (Lipinski definition) is 5. The lowest BCUT2D eigenvalue weighted by Crippen LogP contribution is -2.21. The van der Waals surface area contributed by atoms with Gasteiger partial charge in [-0.2, -0.15) is 0 Å². The first-order valence-corrected chi connectivity index (χ1v) is 6.09. The van der Waals surface area contributed by atoms with Crippen molar-refractivity contribution in [1.82, 2.24) is 0 Å². The van der Waals surface area contributed by atoms with Crippen molar-refractivity contribution in [3.8, 4) is 0 Å². The van der Waals surface area contributed by atoms with E-state index in [2.05, 4.69) is 0 Å². The molecule has 0 aromatic heterocycles. The zero-order chi connectivity index (χ0) is 11.2. The summed E-state index contributed by atoms with van der Waals surface area (Å²) in [7, 11) is -0.494. The summed E-state index contributed by atoms with van der Waals surface area (Å²) in [6.45, 7) is 5.76. The summed E-state index contributed by atoms with van der Waals surface area (Å²) in [6, 6.07) is 0. The Kier molecular flexibility index (Phi) is 6.57. The third-order valence-electron chi connectivity index (χ3n) is 1.74. The second-order valence-electron chi connectivity index (χ2n) is 2.66. The Bertz CT molecular complexity index is 188. The van der Waals surface area contributed by atoms with Crippen LogP contribution in [0.4, 0.5) is 0 Å². The van der Waals surface area contributed by atoms with E-state index in [1.807, 2.05) is 6.92 Å². The van der Waals surface area contributed by atoms with Crippen LogP contribution in [0.5, 0.6) is 0 Å². The van der Waals surface area contributed by atoms with Crippen LogP contribution in [0.2, 0.25) is 0 Å². The van der Waals surface area contributed by atoms with Gasteiger partial charge in [0.15, 0.2) is 12.1 Å². The normalized spacial score (nSPS) is 16.6. The lowest BCUT2D eigenvalue weighted by Gasteiger charge is -2.24. The maximum atomic E-state index is 11.8. The molecule has 86 valence electrons. The lowest BCUT2D eigenvalue weighted by molar-refractivity contribution is -0.138. The number of hydrogen-bond donors (Lipinski definition) is 0. The molecule has 0 radical (unpaired) electrons. The quantitative estimate of drug-likeness (QED) is 0.492. The van der Waals surface area contributed by atoms with Crippen LogP contribution >= 0.6 is 7.60 Å². The van der Waals surface area contributed by atoms with E-state index in [9.17, 15) is 4.57 Å². The molecule has 0 aromatic carbocycles. The molecule has 0 bridgehead atoms. The van der Waals surface area contributed by atoms with Gasteiger partial charge in [0.2, 0.25) is 0 Å². The first-order valence-electron chi connectivity index (χ1n) is 4.48. The molecule has 0 heterocycles. The molecule has 0 aliphatic rings. The van der Waals surface area contributed by atoms with Crippen molar-refractivity contribution in [3.05, 3.63) is 0 Å². The Morgan fingerprint density at radius 3 is 2.07 bits per heavy atom. The van der Waals surface area contributed by atoms with E-state index in [1.54, 1.807) is 13.8 Å². The predicted octanol–water partition coefficient (Wildman–Crippen LogP) is 2.22. The molecule has 0 rings (SSSR count). The first kappa shape index (κ1) is 14.1. The maximum Gasteiger partial charge on any atom is 0.358 e. The number of ether oxygens (including phenoxy) is 2. The minimum atomic E-state index is -3.15. The van der Waals surface area contributed by atoms with E-state index in [0.29, 0.717) is 6.61 Å². The van der Waals surface area contributed by atoms with Crippen molar-refractivity contribution in [2.24, 2.45) is 0 Å². The molecule has 0 saturated carbocycles. The van der Waals surface area contributed by atoms with Gasteiger partial charge in [-0.25, -0.2) is 0 Å². The molecule has 0 aliphatic carbocycles. The fourth-order valence-electron chi connectivity index (χ4n) is 0.997. The van der Waals surface area contributed by atoms with E-state index in [0.717, 1.165) is 0 Å². The second kappa shape index (κ2) is 6.53. The summed E-state index contributed by atoms with van der Waals surface area (Å²) in [6.07, 6.45) is -0.423. The van der Waals surface area contributed by atoms with Gasteiger partial charge in [0.25, 0.3) is 0 Å². The van der Waals surface area contributed by atoms with Crippen molar-refractivity contribution in [2.45, 2.75) is 32.9 Å². The molecule has 5 nitrogen and oxygen atoms in total. The fourth-order valence-corrected chi connectivity index (χ4v) is 2.06. The third-order valence-corrected chi connectivity index (χ3v) is 3.77. The van der Waals surface area contributed by atoms with Crippen molar-refractivity contribution in [1.29, 1.82) is 0 Å². The summed E-state index contributed by atoms with van der Waals surface area (Å²) in [4.78, 5) is 0. The molecule has 0 amide bonds. The van der Waals surface area contributed by atoms with Crippen LogP contribution in [0.3, 0.4) is 0 Å². The third kappa shape index (κ3) is 4.07. The lowest BCUT2D eigenvalue weighted by atomic mass is 10.7. The van der Waals surface area contributed by atoms with Crippen molar-refractivity contribution >= 4 is 7.60 Å². The van der Waals surface area contributed by atoms with E-state index in [-0.39, 0.29) is 0 Å². The van der Waals surface area contributed by atoms with Crippen LogP contribution in [-0.4, -0.2) is 33.0 Å². The molecular weight excluding hydrogens is 207 g/mol. The summed E-state index contributed by atoms with van der Waals surface area (Å²) in [5.74, 6) is -0.640. The molecule has 0 N–H and O–H groups in total. The van der Waals surface area contributed by atoms with E-state index < -0.39 is 19.7 Å². The first-order chi connectivity index (χ1) is 6.50. The summed E-state index contributed by atoms with van der Waals surface area (Å²) < 4.78 is 31.8. The molecule has 0 spiro atoms. The van der Waals surface area contributed by atoms with Crippen LogP contribution < -0.4 is 0 Å². The summed E-state index contributed by atoms with van der Waals surface area (Å²) in [5.41, 5.74) is 0. The summed E-state index contributed by atoms with van der Waals surface area (Å²) >= 11 is 0. The minimum Gasteiger partial charge on any atom is -0.353 e. The molecule has 0 saturated heterocycles. The Morgan fingerprint density at radius 1 is 1.21 bits per heavy atom. The monoisotopic (exact) mass is 226 g/mol. The Balaban J connectivity index is 4.17. The molecule has 2 atom stereocenters. The zero-order valence-corrected chi connectivity index (χ0v) is 10.2. The maximum absolute atomic E-state index is 11.8. The molecule has 14 heavy (non-hydrogen) atoms.